The number of aliphatic imine (C=N–C) groups is 1. The van der Waals surface area contributed by atoms with E-state index in [9.17, 15) is 0 Å². The highest BCUT2D eigenvalue weighted by Gasteiger charge is 1.81. The zero-order chi connectivity index (χ0) is 7.94. The molecule has 1 radical (unpaired) electrons. The maximum Gasteiger partial charge on any atom is 1.00 e. The fourth-order valence-electron chi connectivity index (χ4n) is 0.800. The van der Waals surface area contributed by atoms with Crippen molar-refractivity contribution in [2.75, 3.05) is 6.54 Å². The Morgan fingerprint density at radius 3 is 2.73 bits per heavy atom. The first-order valence-electron chi connectivity index (χ1n) is 3.77. The molecule has 0 heterocycles. The van der Waals surface area contributed by atoms with Gasteiger partial charge in [0.05, 0.1) is 0 Å². The highest BCUT2D eigenvalue weighted by Crippen LogP contribution is 1.93. The van der Waals surface area contributed by atoms with Crippen molar-refractivity contribution < 1.29 is 1.43 Å². The molecule has 0 N–H and O–H groups in total. The van der Waals surface area contributed by atoms with Crippen LogP contribution in [0.2, 0.25) is 0 Å². The maximum atomic E-state index is 4.17. The summed E-state index contributed by atoms with van der Waals surface area (Å²) in [5.74, 6) is 0. The highest BCUT2D eigenvalue weighted by molar-refractivity contribution is 5.79. The molecule has 0 aliphatic carbocycles. The Kier molecular flexibility index (Phi) is 3.39. The number of hydrogen-bond acceptors (Lipinski definition) is 1. The second kappa shape index (κ2) is 4.67. The van der Waals surface area contributed by atoms with Crippen LogP contribution in [0.25, 0.3) is 0 Å². The standard InChI is InChI=1S/C10H12N/c1-2-8-11-9-10-6-4-3-5-7-10/h3-7,9H,1-2,8H2/p+1. The van der Waals surface area contributed by atoms with Crippen LogP contribution in [0.5, 0.6) is 0 Å². The molecule has 0 saturated carbocycles. The van der Waals surface area contributed by atoms with Gasteiger partial charge in [-0.2, -0.15) is 0 Å². The fourth-order valence-corrected chi connectivity index (χ4v) is 0.800. The minimum atomic E-state index is 0. The molecule has 0 unspecified atom stereocenters. The van der Waals surface area contributed by atoms with Gasteiger partial charge in [0.2, 0.25) is 0 Å². The van der Waals surface area contributed by atoms with Gasteiger partial charge in [-0.05, 0) is 12.0 Å². The van der Waals surface area contributed by atoms with E-state index in [2.05, 4.69) is 11.9 Å². The Balaban J connectivity index is 0.00000121. The lowest BCUT2D eigenvalue weighted by Crippen LogP contribution is -1.81. The number of benzene rings is 1. The van der Waals surface area contributed by atoms with Gasteiger partial charge in [0, 0.05) is 12.8 Å². The summed E-state index contributed by atoms with van der Waals surface area (Å²) in [6, 6.07) is 10.1. The van der Waals surface area contributed by atoms with Gasteiger partial charge in [-0.1, -0.05) is 37.3 Å². The van der Waals surface area contributed by atoms with E-state index >= 15 is 0 Å². The van der Waals surface area contributed by atoms with E-state index in [0.717, 1.165) is 18.5 Å². The monoisotopic (exact) mass is 147 g/mol. The molecule has 0 aliphatic heterocycles. The molecular formula is C10H13N+. The second-order valence-corrected chi connectivity index (χ2v) is 2.30. The molecule has 0 spiro atoms. The largest absolute Gasteiger partial charge is 1.00 e. The molecule has 1 nitrogen and oxygen atoms in total. The Labute approximate surface area is 69.3 Å². The van der Waals surface area contributed by atoms with Gasteiger partial charge in [0.15, 0.2) is 0 Å². The van der Waals surface area contributed by atoms with Crippen LogP contribution in [0.3, 0.4) is 0 Å². The average Bonchev–Trinajstić information content (AvgIpc) is 2.07. The first-order chi connectivity index (χ1) is 5.43. The lowest BCUT2D eigenvalue weighted by atomic mass is 10.2. The van der Waals surface area contributed by atoms with E-state index in [-0.39, 0.29) is 1.43 Å². The molecule has 11 heavy (non-hydrogen) atoms. The molecule has 0 saturated heterocycles. The van der Waals surface area contributed by atoms with Crippen LogP contribution in [0.15, 0.2) is 35.3 Å². The quantitative estimate of drug-likeness (QED) is 0.582. The summed E-state index contributed by atoms with van der Waals surface area (Å²) in [4.78, 5) is 4.17. The summed E-state index contributed by atoms with van der Waals surface area (Å²) < 4.78 is 0. The lowest BCUT2D eigenvalue weighted by molar-refractivity contribution is 1.01. The van der Waals surface area contributed by atoms with Gasteiger partial charge in [0.1, 0.15) is 0 Å². The summed E-state index contributed by atoms with van der Waals surface area (Å²) in [6.45, 7) is 4.52. The number of hydrogen-bond donors (Lipinski definition) is 0. The van der Waals surface area contributed by atoms with Crippen molar-refractivity contribution in [2.45, 2.75) is 6.42 Å². The Bertz CT molecular complexity index is 219. The molecule has 0 fully saturated rings. The smallest absolute Gasteiger partial charge is 0.293 e. The predicted octanol–water partition coefficient (Wildman–Crippen LogP) is 2.44. The van der Waals surface area contributed by atoms with Gasteiger partial charge >= 0.3 is 1.43 Å². The molecule has 1 heteroatoms. The Morgan fingerprint density at radius 1 is 1.36 bits per heavy atom. The minimum Gasteiger partial charge on any atom is -0.293 e. The SMILES string of the molecule is [CH2]CCN=Cc1ccccc1.[H+]. The Morgan fingerprint density at radius 2 is 2.09 bits per heavy atom. The highest BCUT2D eigenvalue weighted by atomic mass is 14.7. The first-order valence-corrected chi connectivity index (χ1v) is 3.77. The zero-order valence-corrected chi connectivity index (χ0v) is 6.53. The Hall–Kier alpha value is -1.11. The lowest BCUT2D eigenvalue weighted by Gasteiger charge is -1.89. The van der Waals surface area contributed by atoms with Crippen LogP contribution in [0.4, 0.5) is 0 Å². The molecule has 0 atom stereocenters. The predicted molar refractivity (Wildman–Crippen MR) is 50.0 cm³/mol. The van der Waals surface area contributed by atoms with Crippen LogP contribution < -0.4 is 0 Å². The van der Waals surface area contributed by atoms with Crippen molar-refractivity contribution in [3.8, 4) is 0 Å². The summed E-state index contributed by atoms with van der Waals surface area (Å²) in [6.07, 6.45) is 2.74. The van der Waals surface area contributed by atoms with Crippen LogP contribution in [-0.2, 0) is 0 Å². The van der Waals surface area contributed by atoms with E-state index < -0.39 is 0 Å². The van der Waals surface area contributed by atoms with Crippen molar-refractivity contribution in [2.24, 2.45) is 4.99 Å². The maximum absolute atomic E-state index is 4.17. The van der Waals surface area contributed by atoms with Gasteiger partial charge in [0.25, 0.3) is 0 Å². The molecule has 0 aromatic heterocycles. The van der Waals surface area contributed by atoms with Gasteiger partial charge in [-0.25, -0.2) is 0 Å². The van der Waals surface area contributed by atoms with Crippen molar-refractivity contribution in [1.29, 1.82) is 0 Å². The van der Waals surface area contributed by atoms with Crippen LogP contribution in [0.1, 0.15) is 13.4 Å². The van der Waals surface area contributed by atoms with E-state index in [4.69, 9.17) is 0 Å². The van der Waals surface area contributed by atoms with Crippen LogP contribution in [-0.4, -0.2) is 12.8 Å². The van der Waals surface area contributed by atoms with Crippen molar-refractivity contribution in [1.82, 2.24) is 0 Å². The van der Waals surface area contributed by atoms with Gasteiger partial charge < -0.3 is 0 Å². The van der Waals surface area contributed by atoms with E-state index in [1.54, 1.807) is 0 Å². The normalized spacial score (nSPS) is 10.6. The molecular weight excluding hydrogens is 134 g/mol. The summed E-state index contributed by atoms with van der Waals surface area (Å²) in [5, 5.41) is 0. The third-order valence-corrected chi connectivity index (χ3v) is 1.33. The molecule has 0 aliphatic rings. The van der Waals surface area contributed by atoms with Gasteiger partial charge in [-0.15, -0.1) is 0 Å². The molecule has 1 aromatic carbocycles. The summed E-state index contributed by atoms with van der Waals surface area (Å²) >= 11 is 0. The molecule has 0 amide bonds. The molecule has 57 valence electrons. The van der Waals surface area contributed by atoms with E-state index in [1.165, 1.54) is 0 Å². The second-order valence-electron chi connectivity index (χ2n) is 2.30. The zero-order valence-electron chi connectivity index (χ0n) is 7.53. The van der Waals surface area contributed by atoms with Crippen LogP contribution >= 0.6 is 0 Å². The van der Waals surface area contributed by atoms with Crippen molar-refractivity contribution >= 4 is 6.21 Å². The van der Waals surface area contributed by atoms with Gasteiger partial charge in [-0.3, -0.25) is 4.99 Å². The molecule has 0 bridgehead atoms. The average molecular weight is 147 g/mol. The molecule has 1 rings (SSSR count). The number of nitrogens with zero attached hydrogens (tertiary/aromatic N) is 1. The topological polar surface area (TPSA) is 12.4 Å². The fraction of sp³-hybridized carbons (Fsp3) is 0.200. The molecule has 1 aromatic rings. The number of rotatable bonds is 3. The minimum absolute atomic E-state index is 0. The van der Waals surface area contributed by atoms with E-state index in [0.29, 0.717) is 0 Å². The van der Waals surface area contributed by atoms with Crippen LogP contribution in [0, 0.1) is 6.92 Å². The van der Waals surface area contributed by atoms with Crippen molar-refractivity contribution in [3.63, 3.8) is 0 Å². The third kappa shape index (κ3) is 2.99. The first kappa shape index (κ1) is 7.99. The summed E-state index contributed by atoms with van der Waals surface area (Å²) in [7, 11) is 0. The third-order valence-electron chi connectivity index (χ3n) is 1.33. The van der Waals surface area contributed by atoms with Crippen molar-refractivity contribution in [3.05, 3.63) is 42.8 Å². The van der Waals surface area contributed by atoms with E-state index in [1.807, 2.05) is 36.5 Å². The summed E-state index contributed by atoms with van der Waals surface area (Å²) in [5.41, 5.74) is 1.15.